The van der Waals surface area contributed by atoms with Gasteiger partial charge in [-0.2, -0.15) is 0 Å². The average Bonchev–Trinajstić information content (AvgIpc) is 2.60. The van der Waals surface area contributed by atoms with Crippen molar-refractivity contribution in [2.24, 2.45) is 23.7 Å². The molecule has 0 heterocycles. The van der Waals surface area contributed by atoms with Gasteiger partial charge in [0.05, 0.1) is 6.61 Å². The highest BCUT2D eigenvalue weighted by Gasteiger charge is 2.24. The molecule has 132 valence electrons. The van der Waals surface area contributed by atoms with Gasteiger partial charge in [0.15, 0.2) is 0 Å². The van der Waals surface area contributed by atoms with Gasteiger partial charge in [-0.15, -0.1) is 13.2 Å². The number of hydrogen-bond acceptors (Lipinski definition) is 1. The lowest BCUT2D eigenvalue weighted by molar-refractivity contribution is 0.0936. The Morgan fingerprint density at radius 3 is 1.61 bits per heavy atom. The number of allylic oxidation sites excluding steroid dienone is 1. The predicted molar refractivity (Wildman–Crippen MR) is 101 cm³/mol. The lowest BCUT2D eigenvalue weighted by Gasteiger charge is -2.32. The fourth-order valence-corrected chi connectivity index (χ4v) is 4.64. The van der Waals surface area contributed by atoms with Crippen LogP contribution in [0.3, 0.4) is 0 Å². The van der Waals surface area contributed by atoms with Gasteiger partial charge in [0, 0.05) is 6.61 Å². The molecule has 2 aliphatic carbocycles. The summed E-state index contributed by atoms with van der Waals surface area (Å²) in [6.07, 6.45) is 21.1. The van der Waals surface area contributed by atoms with Crippen LogP contribution in [0.1, 0.15) is 77.0 Å². The predicted octanol–water partition coefficient (Wildman–Crippen LogP) is 6.55. The number of ether oxygens (including phenoxy) is 1. The van der Waals surface area contributed by atoms with E-state index in [4.69, 9.17) is 4.74 Å². The molecule has 0 spiro atoms. The van der Waals surface area contributed by atoms with Crippen LogP contribution in [0, 0.1) is 23.7 Å². The van der Waals surface area contributed by atoms with Crippen LogP contribution in [0.25, 0.3) is 0 Å². The third-order valence-corrected chi connectivity index (χ3v) is 6.28. The van der Waals surface area contributed by atoms with Crippen molar-refractivity contribution in [2.45, 2.75) is 77.0 Å². The summed E-state index contributed by atoms with van der Waals surface area (Å²) in [5.74, 6) is 3.84. The van der Waals surface area contributed by atoms with Gasteiger partial charge in [-0.3, -0.25) is 0 Å². The van der Waals surface area contributed by atoms with E-state index in [1.54, 1.807) is 0 Å². The van der Waals surface area contributed by atoms with E-state index in [1.165, 1.54) is 77.0 Å². The van der Waals surface area contributed by atoms with Gasteiger partial charge in [-0.25, -0.2) is 0 Å². The van der Waals surface area contributed by atoms with E-state index < -0.39 is 0 Å². The first-order chi connectivity index (χ1) is 11.3. The highest BCUT2D eigenvalue weighted by atomic mass is 16.5. The monoisotopic (exact) mass is 318 g/mol. The van der Waals surface area contributed by atoms with E-state index in [2.05, 4.69) is 19.2 Å². The normalized spacial score (nSPS) is 31.7. The maximum Gasteiger partial charge on any atom is 0.0644 e. The second-order valence-corrected chi connectivity index (χ2v) is 8.04. The SMILES string of the molecule is C=CCCC1CCC(CCC2CCC(COCC=C)CC2)CC1. The second kappa shape index (κ2) is 11.1. The molecule has 0 aromatic rings. The molecule has 1 nitrogen and oxygen atoms in total. The minimum atomic E-state index is 0.718. The van der Waals surface area contributed by atoms with Crippen molar-refractivity contribution in [3.63, 3.8) is 0 Å². The summed E-state index contributed by atoms with van der Waals surface area (Å²) in [7, 11) is 0. The van der Waals surface area contributed by atoms with Gasteiger partial charge in [0.2, 0.25) is 0 Å². The third-order valence-electron chi connectivity index (χ3n) is 6.28. The number of hydrogen-bond donors (Lipinski definition) is 0. The first-order valence-electron chi connectivity index (χ1n) is 10.1. The quantitative estimate of drug-likeness (QED) is 0.328. The lowest BCUT2D eigenvalue weighted by atomic mass is 9.75. The molecular weight excluding hydrogens is 280 g/mol. The van der Waals surface area contributed by atoms with Crippen LogP contribution in [0.4, 0.5) is 0 Å². The van der Waals surface area contributed by atoms with Crippen molar-refractivity contribution >= 4 is 0 Å². The summed E-state index contributed by atoms with van der Waals surface area (Å²) in [4.78, 5) is 0. The first kappa shape index (κ1) is 18.8. The van der Waals surface area contributed by atoms with E-state index in [9.17, 15) is 0 Å². The minimum absolute atomic E-state index is 0.718. The van der Waals surface area contributed by atoms with E-state index in [1.807, 2.05) is 6.08 Å². The Balaban J connectivity index is 1.52. The fraction of sp³-hybridized carbons (Fsp3) is 0.818. The molecule has 1 heteroatoms. The smallest absolute Gasteiger partial charge is 0.0644 e. The topological polar surface area (TPSA) is 9.23 Å². The van der Waals surface area contributed by atoms with Crippen LogP contribution in [0.5, 0.6) is 0 Å². The molecule has 0 bridgehead atoms. The minimum Gasteiger partial charge on any atom is -0.377 e. The van der Waals surface area contributed by atoms with Gasteiger partial charge in [-0.1, -0.05) is 63.5 Å². The van der Waals surface area contributed by atoms with E-state index in [-0.39, 0.29) is 0 Å². The van der Waals surface area contributed by atoms with Gasteiger partial charge in [0.1, 0.15) is 0 Å². The Morgan fingerprint density at radius 2 is 1.13 bits per heavy atom. The molecule has 0 atom stereocenters. The Bertz CT molecular complexity index is 319. The molecule has 2 rings (SSSR count). The van der Waals surface area contributed by atoms with Crippen LogP contribution in [-0.4, -0.2) is 13.2 Å². The average molecular weight is 319 g/mol. The zero-order valence-corrected chi connectivity index (χ0v) is 15.2. The largest absolute Gasteiger partial charge is 0.377 e. The summed E-state index contributed by atoms with van der Waals surface area (Å²) in [5.41, 5.74) is 0. The first-order valence-corrected chi connectivity index (χ1v) is 10.1. The van der Waals surface area contributed by atoms with Crippen LogP contribution in [0.2, 0.25) is 0 Å². The second-order valence-electron chi connectivity index (χ2n) is 8.04. The fourth-order valence-electron chi connectivity index (χ4n) is 4.64. The molecule has 23 heavy (non-hydrogen) atoms. The Kier molecular flexibility index (Phi) is 9.04. The Hall–Kier alpha value is -0.560. The van der Waals surface area contributed by atoms with Crippen LogP contribution in [0.15, 0.2) is 25.3 Å². The van der Waals surface area contributed by atoms with E-state index in [0.29, 0.717) is 0 Å². The molecule has 0 amide bonds. The van der Waals surface area contributed by atoms with E-state index >= 15 is 0 Å². The van der Waals surface area contributed by atoms with Crippen molar-refractivity contribution in [1.29, 1.82) is 0 Å². The summed E-state index contributed by atoms with van der Waals surface area (Å²) in [5, 5.41) is 0. The third kappa shape index (κ3) is 7.25. The zero-order valence-electron chi connectivity index (χ0n) is 15.2. The maximum absolute atomic E-state index is 5.63. The number of rotatable bonds is 10. The molecule has 2 aliphatic rings. The van der Waals surface area contributed by atoms with Gasteiger partial charge >= 0.3 is 0 Å². The zero-order chi connectivity index (χ0) is 16.3. The lowest BCUT2D eigenvalue weighted by Crippen LogP contribution is -2.20. The van der Waals surface area contributed by atoms with E-state index in [0.717, 1.165) is 36.9 Å². The molecule has 0 N–H and O–H groups in total. The molecular formula is C22H38O. The summed E-state index contributed by atoms with van der Waals surface area (Å²) < 4.78 is 5.63. The van der Waals surface area contributed by atoms with Crippen LogP contribution in [-0.2, 0) is 4.74 Å². The van der Waals surface area contributed by atoms with Crippen molar-refractivity contribution in [2.75, 3.05) is 13.2 Å². The summed E-state index contributed by atoms with van der Waals surface area (Å²) in [6, 6.07) is 0. The van der Waals surface area contributed by atoms with Gasteiger partial charge < -0.3 is 4.74 Å². The maximum atomic E-state index is 5.63. The Morgan fingerprint density at radius 1 is 0.652 bits per heavy atom. The van der Waals surface area contributed by atoms with Crippen LogP contribution < -0.4 is 0 Å². The van der Waals surface area contributed by atoms with Crippen molar-refractivity contribution < 1.29 is 4.74 Å². The highest BCUT2D eigenvalue weighted by Crippen LogP contribution is 2.37. The summed E-state index contributed by atoms with van der Waals surface area (Å²) >= 11 is 0. The van der Waals surface area contributed by atoms with Crippen LogP contribution >= 0.6 is 0 Å². The Labute approximate surface area is 144 Å². The molecule has 0 aromatic carbocycles. The summed E-state index contributed by atoms with van der Waals surface area (Å²) in [6.45, 7) is 9.24. The molecule has 0 aromatic heterocycles. The van der Waals surface area contributed by atoms with Crippen molar-refractivity contribution in [3.8, 4) is 0 Å². The standard InChI is InChI=1S/C22H38O/c1-3-5-6-19-7-9-20(10-8-19)11-12-21-13-15-22(16-14-21)18-23-17-4-2/h3-4,19-22H,1-2,5-18H2. The van der Waals surface area contributed by atoms with Gasteiger partial charge in [0.25, 0.3) is 0 Å². The molecule has 0 unspecified atom stereocenters. The highest BCUT2D eigenvalue weighted by molar-refractivity contribution is 4.78. The molecule has 2 fully saturated rings. The molecule has 0 aliphatic heterocycles. The molecule has 2 saturated carbocycles. The van der Waals surface area contributed by atoms with Gasteiger partial charge in [-0.05, 0) is 49.4 Å². The molecule has 0 saturated heterocycles. The van der Waals surface area contributed by atoms with Crippen molar-refractivity contribution in [1.82, 2.24) is 0 Å². The van der Waals surface area contributed by atoms with Crippen molar-refractivity contribution in [3.05, 3.63) is 25.3 Å². The molecule has 0 radical (unpaired) electrons.